The lowest BCUT2D eigenvalue weighted by Crippen LogP contribution is -2.07. The van der Waals surface area contributed by atoms with Crippen molar-refractivity contribution in [2.45, 2.75) is 26.9 Å². The Morgan fingerprint density at radius 1 is 1.33 bits per heavy atom. The third-order valence-corrected chi connectivity index (χ3v) is 3.42. The standard InChI is InChI=1S/C14H16N6O/c1-9-12(10(2)21-18-9)8-20-14(13(6-15)17-19-20)11-4-3-5-16-7-11/h3-5,7H,6,8,15H2,1-2H3. The summed E-state index contributed by atoms with van der Waals surface area (Å²) in [5, 5.41) is 12.3. The summed E-state index contributed by atoms with van der Waals surface area (Å²) in [6.07, 6.45) is 3.51. The first-order chi connectivity index (χ1) is 10.2. The highest BCUT2D eigenvalue weighted by Crippen LogP contribution is 2.23. The number of aromatic nitrogens is 5. The van der Waals surface area contributed by atoms with Crippen LogP contribution in [0.25, 0.3) is 11.3 Å². The second-order valence-electron chi connectivity index (χ2n) is 4.79. The first kappa shape index (κ1) is 13.4. The highest BCUT2D eigenvalue weighted by molar-refractivity contribution is 5.60. The number of hydrogen-bond donors (Lipinski definition) is 1. The van der Waals surface area contributed by atoms with E-state index in [0.29, 0.717) is 13.1 Å². The van der Waals surface area contributed by atoms with Crippen LogP contribution in [-0.2, 0) is 13.1 Å². The van der Waals surface area contributed by atoms with Gasteiger partial charge in [0.2, 0.25) is 0 Å². The van der Waals surface area contributed by atoms with E-state index in [-0.39, 0.29) is 0 Å². The zero-order chi connectivity index (χ0) is 14.8. The average Bonchev–Trinajstić information content (AvgIpc) is 3.06. The molecule has 0 saturated carbocycles. The number of pyridine rings is 1. The molecule has 0 bridgehead atoms. The molecule has 0 amide bonds. The van der Waals surface area contributed by atoms with Gasteiger partial charge >= 0.3 is 0 Å². The van der Waals surface area contributed by atoms with Crippen LogP contribution in [-0.4, -0.2) is 25.1 Å². The molecule has 2 N–H and O–H groups in total. The van der Waals surface area contributed by atoms with Crippen molar-refractivity contribution in [2.24, 2.45) is 5.73 Å². The molecule has 0 aliphatic heterocycles. The Bertz CT molecular complexity index is 727. The summed E-state index contributed by atoms with van der Waals surface area (Å²) in [7, 11) is 0. The molecule has 0 aromatic carbocycles. The zero-order valence-corrected chi connectivity index (χ0v) is 11.9. The number of rotatable bonds is 4. The van der Waals surface area contributed by atoms with E-state index < -0.39 is 0 Å². The maximum atomic E-state index is 5.77. The van der Waals surface area contributed by atoms with Crippen molar-refractivity contribution < 1.29 is 4.52 Å². The van der Waals surface area contributed by atoms with Crippen molar-refractivity contribution in [3.05, 3.63) is 47.2 Å². The fourth-order valence-electron chi connectivity index (χ4n) is 2.29. The normalized spacial score (nSPS) is 11.0. The van der Waals surface area contributed by atoms with Crippen molar-refractivity contribution in [2.75, 3.05) is 0 Å². The molecule has 3 aromatic rings. The molecule has 0 fully saturated rings. The van der Waals surface area contributed by atoms with Gasteiger partial charge in [-0.25, -0.2) is 4.68 Å². The van der Waals surface area contributed by atoms with Gasteiger partial charge in [0, 0.05) is 30.1 Å². The maximum Gasteiger partial charge on any atom is 0.138 e. The quantitative estimate of drug-likeness (QED) is 0.779. The second-order valence-corrected chi connectivity index (χ2v) is 4.79. The number of nitrogens with two attached hydrogens (primary N) is 1. The fourth-order valence-corrected chi connectivity index (χ4v) is 2.29. The van der Waals surface area contributed by atoms with Crippen LogP contribution in [0.2, 0.25) is 0 Å². The van der Waals surface area contributed by atoms with Gasteiger partial charge < -0.3 is 10.3 Å². The number of nitrogens with zero attached hydrogens (tertiary/aromatic N) is 5. The van der Waals surface area contributed by atoms with Gasteiger partial charge in [0.25, 0.3) is 0 Å². The fraction of sp³-hybridized carbons (Fsp3) is 0.286. The predicted molar refractivity (Wildman–Crippen MR) is 76.2 cm³/mol. The molecular weight excluding hydrogens is 268 g/mol. The SMILES string of the molecule is Cc1noc(C)c1Cn1nnc(CN)c1-c1cccnc1. The summed E-state index contributed by atoms with van der Waals surface area (Å²) in [5.41, 5.74) is 10.2. The van der Waals surface area contributed by atoms with Crippen LogP contribution < -0.4 is 5.73 Å². The van der Waals surface area contributed by atoms with E-state index in [2.05, 4.69) is 20.5 Å². The average molecular weight is 284 g/mol. The Hall–Kier alpha value is -2.54. The van der Waals surface area contributed by atoms with Crippen molar-refractivity contribution >= 4 is 0 Å². The van der Waals surface area contributed by atoms with Gasteiger partial charge in [0.1, 0.15) is 11.5 Å². The molecule has 3 aromatic heterocycles. The van der Waals surface area contributed by atoms with E-state index in [0.717, 1.165) is 34.0 Å². The lowest BCUT2D eigenvalue weighted by Gasteiger charge is -2.07. The van der Waals surface area contributed by atoms with Gasteiger partial charge in [-0.2, -0.15) is 0 Å². The highest BCUT2D eigenvalue weighted by atomic mass is 16.5. The lowest BCUT2D eigenvalue weighted by atomic mass is 10.1. The summed E-state index contributed by atoms with van der Waals surface area (Å²) in [6.45, 7) is 4.67. The minimum absolute atomic E-state index is 0.325. The largest absolute Gasteiger partial charge is 0.361 e. The van der Waals surface area contributed by atoms with Crippen LogP contribution >= 0.6 is 0 Å². The molecule has 108 valence electrons. The van der Waals surface area contributed by atoms with Gasteiger partial charge in [-0.05, 0) is 26.0 Å². The molecule has 3 rings (SSSR count). The molecule has 7 heteroatoms. The molecule has 0 unspecified atom stereocenters. The molecule has 7 nitrogen and oxygen atoms in total. The van der Waals surface area contributed by atoms with Crippen LogP contribution in [0.4, 0.5) is 0 Å². The predicted octanol–water partition coefficient (Wildman–Crippen LogP) is 1.45. The van der Waals surface area contributed by atoms with Crippen LogP contribution in [0.1, 0.15) is 22.7 Å². The van der Waals surface area contributed by atoms with Gasteiger partial charge in [-0.3, -0.25) is 4.98 Å². The van der Waals surface area contributed by atoms with Crippen LogP contribution in [0.5, 0.6) is 0 Å². The Kier molecular flexibility index (Phi) is 3.49. The van der Waals surface area contributed by atoms with Gasteiger partial charge in [0.05, 0.1) is 17.9 Å². The Morgan fingerprint density at radius 2 is 2.19 bits per heavy atom. The molecular formula is C14H16N6O. The Morgan fingerprint density at radius 3 is 2.81 bits per heavy atom. The summed E-state index contributed by atoms with van der Waals surface area (Å²) in [6, 6.07) is 3.84. The van der Waals surface area contributed by atoms with Gasteiger partial charge in [-0.1, -0.05) is 10.4 Å². The van der Waals surface area contributed by atoms with Crippen molar-refractivity contribution in [1.29, 1.82) is 0 Å². The third kappa shape index (κ3) is 2.43. The minimum Gasteiger partial charge on any atom is -0.361 e. The van der Waals surface area contributed by atoms with Crippen LogP contribution in [0.3, 0.4) is 0 Å². The molecule has 0 radical (unpaired) electrons. The van der Waals surface area contributed by atoms with Gasteiger partial charge in [0.15, 0.2) is 0 Å². The minimum atomic E-state index is 0.325. The lowest BCUT2D eigenvalue weighted by molar-refractivity contribution is 0.391. The van der Waals surface area contributed by atoms with Crippen LogP contribution in [0, 0.1) is 13.8 Å². The van der Waals surface area contributed by atoms with E-state index >= 15 is 0 Å². The Balaban J connectivity index is 2.06. The zero-order valence-electron chi connectivity index (χ0n) is 11.9. The molecule has 3 heterocycles. The van der Waals surface area contributed by atoms with E-state index in [1.807, 2.05) is 30.7 Å². The van der Waals surface area contributed by atoms with E-state index in [1.165, 1.54) is 0 Å². The summed E-state index contributed by atoms with van der Waals surface area (Å²) in [5.74, 6) is 0.787. The van der Waals surface area contributed by atoms with E-state index in [4.69, 9.17) is 10.3 Å². The number of hydrogen-bond acceptors (Lipinski definition) is 6. The van der Waals surface area contributed by atoms with E-state index in [1.54, 1.807) is 12.4 Å². The third-order valence-electron chi connectivity index (χ3n) is 3.42. The molecule has 0 aliphatic rings. The maximum absolute atomic E-state index is 5.77. The monoisotopic (exact) mass is 284 g/mol. The van der Waals surface area contributed by atoms with E-state index in [9.17, 15) is 0 Å². The molecule has 0 atom stereocenters. The topological polar surface area (TPSA) is 95.7 Å². The second kappa shape index (κ2) is 5.45. The summed E-state index contributed by atoms with van der Waals surface area (Å²) in [4.78, 5) is 4.15. The summed E-state index contributed by atoms with van der Waals surface area (Å²) >= 11 is 0. The van der Waals surface area contributed by atoms with Crippen molar-refractivity contribution in [3.8, 4) is 11.3 Å². The van der Waals surface area contributed by atoms with Gasteiger partial charge in [-0.15, -0.1) is 5.10 Å². The van der Waals surface area contributed by atoms with Crippen LogP contribution in [0.15, 0.2) is 29.0 Å². The first-order valence-electron chi connectivity index (χ1n) is 6.65. The van der Waals surface area contributed by atoms with Crippen molar-refractivity contribution in [3.63, 3.8) is 0 Å². The van der Waals surface area contributed by atoms with Crippen molar-refractivity contribution in [1.82, 2.24) is 25.1 Å². The summed E-state index contributed by atoms with van der Waals surface area (Å²) < 4.78 is 7.01. The highest BCUT2D eigenvalue weighted by Gasteiger charge is 2.17. The number of aryl methyl sites for hydroxylation is 2. The first-order valence-corrected chi connectivity index (χ1v) is 6.65. The molecule has 21 heavy (non-hydrogen) atoms. The Labute approximate surface area is 121 Å². The smallest absolute Gasteiger partial charge is 0.138 e. The molecule has 0 spiro atoms. The molecule has 0 aliphatic carbocycles. The molecule has 0 saturated heterocycles.